The largest absolute Gasteiger partial charge is 0.337 e. The third-order valence-electron chi connectivity index (χ3n) is 5.58. The van der Waals surface area contributed by atoms with Crippen molar-refractivity contribution in [3.05, 3.63) is 70.8 Å². The van der Waals surface area contributed by atoms with Gasteiger partial charge in [-0.25, -0.2) is 8.78 Å². The fourth-order valence-electron chi connectivity index (χ4n) is 4.21. The molecule has 0 saturated carbocycles. The molecule has 0 amide bonds. The smallest absolute Gasteiger partial charge is 0.242 e. The SMILES string of the molecule is C=C1c2cc(CC(F)F)ccc2CN1c1ccc2c(c1)CCCC2C. The van der Waals surface area contributed by atoms with Crippen molar-refractivity contribution in [1.29, 1.82) is 0 Å². The fourth-order valence-corrected chi connectivity index (χ4v) is 4.21. The maximum atomic E-state index is 12.7. The van der Waals surface area contributed by atoms with Crippen molar-refractivity contribution < 1.29 is 8.78 Å². The molecule has 1 nitrogen and oxygen atoms in total. The lowest BCUT2D eigenvalue weighted by atomic mass is 9.84. The van der Waals surface area contributed by atoms with Gasteiger partial charge in [-0.2, -0.15) is 0 Å². The monoisotopic (exact) mass is 339 g/mol. The lowest BCUT2D eigenvalue weighted by Crippen LogP contribution is -2.15. The van der Waals surface area contributed by atoms with E-state index in [0.29, 0.717) is 11.5 Å². The number of anilines is 1. The molecule has 3 heteroatoms. The topological polar surface area (TPSA) is 3.24 Å². The van der Waals surface area contributed by atoms with Crippen LogP contribution in [0.15, 0.2) is 43.0 Å². The number of fused-ring (bicyclic) bond motifs is 2. The average Bonchev–Trinajstić information content (AvgIpc) is 2.91. The highest BCUT2D eigenvalue weighted by atomic mass is 19.3. The van der Waals surface area contributed by atoms with Crippen LogP contribution in [-0.2, 0) is 19.4 Å². The number of benzene rings is 2. The molecule has 1 aliphatic heterocycles. The van der Waals surface area contributed by atoms with Gasteiger partial charge in [0.2, 0.25) is 6.43 Å². The van der Waals surface area contributed by atoms with Crippen LogP contribution in [-0.4, -0.2) is 6.43 Å². The summed E-state index contributed by atoms with van der Waals surface area (Å²) in [4.78, 5) is 2.20. The number of rotatable bonds is 3. The summed E-state index contributed by atoms with van der Waals surface area (Å²) >= 11 is 0. The zero-order valence-electron chi connectivity index (χ0n) is 14.6. The molecule has 0 bridgehead atoms. The molecule has 25 heavy (non-hydrogen) atoms. The third-order valence-corrected chi connectivity index (χ3v) is 5.58. The molecule has 2 aromatic carbocycles. The summed E-state index contributed by atoms with van der Waals surface area (Å²) in [6.07, 6.45) is 1.14. The van der Waals surface area contributed by atoms with Gasteiger partial charge in [0.1, 0.15) is 0 Å². The first-order valence-electron chi connectivity index (χ1n) is 9.02. The molecule has 0 aromatic heterocycles. The molecule has 4 rings (SSSR count). The van der Waals surface area contributed by atoms with Gasteiger partial charge in [-0.15, -0.1) is 0 Å². The average molecular weight is 339 g/mol. The summed E-state index contributed by atoms with van der Waals surface area (Å²) < 4.78 is 25.3. The fraction of sp³-hybridized carbons (Fsp3) is 0.364. The van der Waals surface area contributed by atoms with Crippen molar-refractivity contribution >= 4 is 11.4 Å². The van der Waals surface area contributed by atoms with Crippen molar-refractivity contribution in [1.82, 2.24) is 0 Å². The number of hydrogen-bond donors (Lipinski definition) is 0. The van der Waals surface area contributed by atoms with E-state index in [4.69, 9.17) is 0 Å². The minimum Gasteiger partial charge on any atom is -0.337 e. The van der Waals surface area contributed by atoms with Crippen LogP contribution in [0, 0.1) is 0 Å². The Kier molecular flexibility index (Phi) is 4.10. The van der Waals surface area contributed by atoms with Gasteiger partial charge in [0.25, 0.3) is 0 Å². The van der Waals surface area contributed by atoms with E-state index in [9.17, 15) is 8.78 Å². The predicted molar refractivity (Wildman–Crippen MR) is 99.2 cm³/mol. The van der Waals surface area contributed by atoms with Crippen molar-refractivity contribution in [2.45, 2.75) is 51.5 Å². The Hall–Kier alpha value is -2.16. The molecule has 0 N–H and O–H groups in total. The molecule has 1 unspecified atom stereocenters. The molecule has 0 radical (unpaired) electrons. The van der Waals surface area contributed by atoms with Crippen LogP contribution in [0.3, 0.4) is 0 Å². The van der Waals surface area contributed by atoms with E-state index >= 15 is 0 Å². The number of halogens is 2. The van der Waals surface area contributed by atoms with Gasteiger partial charge in [-0.3, -0.25) is 0 Å². The van der Waals surface area contributed by atoms with Crippen molar-refractivity contribution in [3.63, 3.8) is 0 Å². The van der Waals surface area contributed by atoms with Crippen LogP contribution < -0.4 is 4.90 Å². The predicted octanol–water partition coefficient (Wildman–Crippen LogP) is 5.92. The Morgan fingerprint density at radius 3 is 2.80 bits per heavy atom. The highest BCUT2D eigenvalue weighted by Gasteiger charge is 2.25. The van der Waals surface area contributed by atoms with E-state index in [1.54, 1.807) is 0 Å². The van der Waals surface area contributed by atoms with Crippen LogP contribution in [0.4, 0.5) is 14.5 Å². The zero-order valence-corrected chi connectivity index (χ0v) is 14.6. The van der Waals surface area contributed by atoms with Gasteiger partial charge >= 0.3 is 0 Å². The van der Waals surface area contributed by atoms with E-state index < -0.39 is 6.43 Å². The van der Waals surface area contributed by atoms with Crippen LogP contribution in [0.5, 0.6) is 0 Å². The van der Waals surface area contributed by atoms with Crippen LogP contribution >= 0.6 is 0 Å². The lowest BCUT2D eigenvalue weighted by molar-refractivity contribution is 0.149. The number of hydrogen-bond acceptors (Lipinski definition) is 1. The molecular weight excluding hydrogens is 316 g/mol. The second-order valence-corrected chi connectivity index (χ2v) is 7.30. The maximum Gasteiger partial charge on any atom is 0.242 e. The normalized spacial score (nSPS) is 19.3. The highest BCUT2D eigenvalue weighted by molar-refractivity contribution is 5.84. The van der Waals surface area contributed by atoms with E-state index in [2.05, 4.69) is 36.6 Å². The van der Waals surface area contributed by atoms with Crippen LogP contribution in [0.25, 0.3) is 5.70 Å². The van der Waals surface area contributed by atoms with Gasteiger partial charge < -0.3 is 4.90 Å². The second-order valence-electron chi connectivity index (χ2n) is 7.30. The lowest BCUT2D eigenvalue weighted by Gasteiger charge is -2.26. The van der Waals surface area contributed by atoms with Crippen LogP contribution in [0.2, 0.25) is 0 Å². The Labute approximate surface area is 148 Å². The van der Waals surface area contributed by atoms with E-state index in [1.165, 1.54) is 24.0 Å². The second kappa shape index (κ2) is 6.29. The molecule has 0 spiro atoms. The Balaban J connectivity index is 1.63. The number of nitrogens with zero attached hydrogens (tertiary/aromatic N) is 1. The molecule has 130 valence electrons. The molecule has 1 aliphatic carbocycles. The summed E-state index contributed by atoms with van der Waals surface area (Å²) in [5.41, 5.74) is 7.82. The van der Waals surface area contributed by atoms with Gasteiger partial charge in [-0.1, -0.05) is 31.7 Å². The van der Waals surface area contributed by atoms with Gasteiger partial charge in [0.05, 0.1) is 0 Å². The summed E-state index contributed by atoms with van der Waals surface area (Å²) in [5, 5.41) is 0. The third kappa shape index (κ3) is 2.97. The number of aryl methyl sites for hydroxylation is 1. The molecule has 0 fully saturated rings. The van der Waals surface area contributed by atoms with Crippen molar-refractivity contribution in [2.24, 2.45) is 0 Å². The number of alkyl halides is 2. The van der Waals surface area contributed by atoms with E-state index in [1.807, 2.05) is 18.2 Å². The molecule has 2 aliphatic rings. The first-order chi connectivity index (χ1) is 12.0. The summed E-state index contributed by atoms with van der Waals surface area (Å²) in [5.74, 6) is 0.633. The quantitative estimate of drug-likeness (QED) is 0.670. The van der Waals surface area contributed by atoms with Crippen LogP contribution in [0.1, 0.15) is 53.5 Å². The first kappa shape index (κ1) is 16.3. The van der Waals surface area contributed by atoms with E-state index in [-0.39, 0.29) is 6.42 Å². The highest BCUT2D eigenvalue weighted by Crippen LogP contribution is 2.39. The molecule has 0 saturated heterocycles. The molecule has 1 heterocycles. The van der Waals surface area contributed by atoms with Gasteiger partial charge in [-0.05, 0) is 65.6 Å². The van der Waals surface area contributed by atoms with E-state index in [0.717, 1.165) is 35.5 Å². The van der Waals surface area contributed by atoms with Gasteiger partial charge in [0.15, 0.2) is 0 Å². The molecule has 1 atom stereocenters. The van der Waals surface area contributed by atoms with Crippen molar-refractivity contribution in [3.8, 4) is 0 Å². The van der Waals surface area contributed by atoms with Gasteiger partial charge in [0, 0.05) is 29.9 Å². The maximum absolute atomic E-state index is 12.7. The first-order valence-corrected chi connectivity index (χ1v) is 9.02. The summed E-state index contributed by atoms with van der Waals surface area (Å²) in [7, 11) is 0. The Bertz CT molecular complexity index is 825. The zero-order chi connectivity index (χ0) is 17.6. The van der Waals surface area contributed by atoms with Crippen molar-refractivity contribution in [2.75, 3.05) is 4.90 Å². The Morgan fingerprint density at radius 1 is 1.16 bits per heavy atom. The summed E-state index contributed by atoms with van der Waals surface area (Å²) in [6, 6.07) is 12.4. The Morgan fingerprint density at radius 2 is 2.00 bits per heavy atom. The minimum absolute atomic E-state index is 0.197. The minimum atomic E-state index is -2.31. The summed E-state index contributed by atoms with van der Waals surface area (Å²) in [6.45, 7) is 7.30. The standard InChI is InChI=1S/C22H23F2N/c1-14-4-3-5-17-12-19(8-9-20(14)17)25-13-18-7-6-16(11-22(23)24)10-21(18)15(25)2/h6-10,12,14,22H,2-5,11,13H2,1H3. The molecular formula is C22H23F2N. The molecule has 2 aromatic rings.